The quantitative estimate of drug-likeness (QED) is 0.352. The number of piperidine rings is 1. The molecule has 12 radical (unpaired) electrons. The molecule has 1 unspecified atom stereocenters. The molecule has 2 aromatic carbocycles. The molecule has 2 aromatic rings. The third kappa shape index (κ3) is 4.48. The standard InChI is InChI=1S/C22H12B6ClF2N3O4/c23-11-7-10(21(25,26)33-19(38)20(30,31)8-1-3-9(29)4-2-8)16(24)15-14(11)18(37)34(22(15,27)28)12-5-6-13(35)32-17(12)36/h1-4,7,12H,5-6H2,(H,33,38)(H,32,35,36). The molecule has 0 spiro atoms. The highest BCUT2D eigenvalue weighted by Gasteiger charge is 2.50. The zero-order valence-corrected chi connectivity index (χ0v) is 20.3. The summed E-state index contributed by atoms with van der Waals surface area (Å²) in [6.07, 6.45) is -0.174. The summed E-state index contributed by atoms with van der Waals surface area (Å²) < 4.78 is 29.7. The summed E-state index contributed by atoms with van der Waals surface area (Å²) >= 11 is 5.72. The number of amides is 4. The first-order valence-corrected chi connectivity index (χ1v) is 11.4. The Labute approximate surface area is 229 Å². The molecule has 0 saturated carbocycles. The number of imide groups is 1. The van der Waals surface area contributed by atoms with Gasteiger partial charge in [0.1, 0.15) is 21.7 Å². The van der Waals surface area contributed by atoms with E-state index in [1.165, 1.54) is 12.1 Å². The van der Waals surface area contributed by atoms with Crippen LogP contribution >= 0.6 is 11.6 Å². The van der Waals surface area contributed by atoms with Gasteiger partial charge < -0.3 is 10.2 Å². The Morgan fingerprint density at radius 3 is 2.32 bits per heavy atom. The Balaban J connectivity index is 1.72. The molecule has 4 rings (SSSR count). The van der Waals surface area contributed by atoms with Crippen LogP contribution in [0.3, 0.4) is 0 Å². The second kappa shape index (κ2) is 9.36. The molecule has 1 atom stereocenters. The number of alkyl halides is 2. The largest absolute Gasteiger partial charge is 0.358 e. The Bertz CT molecular complexity index is 1390. The fourth-order valence-corrected chi connectivity index (χ4v) is 4.69. The van der Waals surface area contributed by atoms with Gasteiger partial charge in [0.25, 0.3) is 11.8 Å². The zero-order chi connectivity index (χ0) is 28.4. The van der Waals surface area contributed by atoms with Crippen LogP contribution in [-0.2, 0) is 31.0 Å². The topological polar surface area (TPSA) is 95.6 Å². The third-order valence-corrected chi connectivity index (χ3v) is 6.66. The second-order valence-electron chi connectivity index (χ2n) is 9.05. The van der Waals surface area contributed by atoms with Gasteiger partial charge in [0.2, 0.25) is 11.8 Å². The molecule has 0 aromatic heterocycles. The summed E-state index contributed by atoms with van der Waals surface area (Å²) in [6, 6.07) is 4.00. The van der Waals surface area contributed by atoms with Gasteiger partial charge in [-0.1, -0.05) is 40.7 Å². The lowest BCUT2D eigenvalue weighted by Crippen LogP contribution is -2.60. The van der Waals surface area contributed by atoms with Gasteiger partial charge in [-0.25, -0.2) is 0 Å². The van der Waals surface area contributed by atoms with Gasteiger partial charge >= 0.3 is 5.92 Å². The van der Waals surface area contributed by atoms with E-state index < -0.39 is 57.3 Å². The molecule has 2 aliphatic heterocycles. The van der Waals surface area contributed by atoms with Crippen molar-refractivity contribution in [3.63, 3.8) is 0 Å². The van der Waals surface area contributed by atoms with E-state index in [1.54, 1.807) is 0 Å². The maximum atomic E-state index is 14.8. The molecule has 0 aliphatic carbocycles. The summed E-state index contributed by atoms with van der Waals surface area (Å²) in [4.78, 5) is 50.7. The van der Waals surface area contributed by atoms with Crippen molar-refractivity contribution in [3.05, 3.63) is 57.6 Å². The minimum Gasteiger partial charge on any atom is -0.358 e. The van der Waals surface area contributed by atoms with Crippen molar-refractivity contribution < 1.29 is 28.0 Å². The van der Waals surface area contributed by atoms with Crippen molar-refractivity contribution in [1.29, 1.82) is 0 Å². The molecule has 2 N–H and O–H groups in total. The van der Waals surface area contributed by atoms with Crippen molar-refractivity contribution in [2.24, 2.45) is 0 Å². The number of fused-ring (bicyclic) bond motifs is 1. The van der Waals surface area contributed by atoms with E-state index in [9.17, 15) is 28.0 Å². The summed E-state index contributed by atoms with van der Waals surface area (Å²) in [7, 11) is 36.9. The van der Waals surface area contributed by atoms with Crippen LogP contribution in [-0.4, -0.2) is 81.6 Å². The maximum Gasteiger partial charge on any atom is 0.349 e. The number of halogens is 3. The lowest BCUT2D eigenvalue weighted by molar-refractivity contribution is -0.147. The van der Waals surface area contributed by atoms with Crippen LogP contribution in [0.5, 0.6) is 0 Å². The lowest BCUT2D eigenvalue weighted by atomic mass is 9.50. The average Bonchev–Trinajstić information content (AvgIpc) is 3.02. The molecule has 178 valence electrons. The predicted octanol–water partition coefficient (Wildman–Crippen LogP) is -2.01. The van der Waals surface area contributed by atoms with Crippen LogP contribution in [0.4, 0.5) is 8.78 Å². The number of rotatable bonds is 5. The molecule has 16 heteroatoms. The fraction of sp³-hybridized carbons (Fsp3) is 0.273. The molecule has 7 nitrogen and oxygen atoms in total. The number of nitrogens with one attached hydrogen (secondary N) is 2. The number of hydrogen-bond donors (Lipinski definition) is 2. The van der Waals surface area contributed by atoms with E-state index in [4.69, 9.17) is 58.7 Å². The molecule has 2 heterocycles. The molecule has 0 bridgehead atoms. The lowest BCUT2D eigenvalue weighted by Gasteiger charge is -2.41. The molecule has 1 fully saturated rings. The average molecular weight is 521 g/mol. The molecular formula is C22H12B6ClF2N3O4. The van der Waals surface area contributed by atoms with Crippen LogP contribution in [0.15, 0.2) is 30.3 Å². The van der Waals surface area contributed by atoms with E-state index in [0.29, 0.717) is 0 Å². The first kappa shape index (κ1) is 28.1. The van der Waals surface area contributed by atoms with E-state index in [2.05, 4.69) is 5.32 Å². The van der Waals surface area contributed by atoms with Crippen molar-refractivity contribution in [2.75, 3.05) is 0 Å². The second-order valence-corrected chi connectivity index (χ2v) is 9.49. The fourth-order valence-electron chi connectivity index (χ4n) is 4.57. The van der Waals surface area contributed by atoms with Crippen LogP contribution < -0.4 is 21.6 Å². The Hall–Kier alpha value is -2.94. The molecule has 2 aliphatic rings. The maximum absolute atomic E-state index is 14.8. The van der Waals surface area contributed by atoms with E-state index in [-0.39, 0.29) is 40.0 Å². The highest BCUT2D eigenvalue weighted by molar-refractivity contribution is 6.51. The number of carbonyl (C=O) groups is 4. The summed E-state index contributed by atoms with van der Waals surface area (Å²) in [5.74, 6) is -8.19. The van der Waals surface area contributed by atoms with E-state index in [1.807, 2.05) is 5.32 Å². The van der Waals surface area contributed by atoms with Crippen molar-refractivity contribution in [1.82, 2.24) is 15.5 Å². The first-order chi connectivity index (χ1) is 17.5. The van der Waals surface area contributed by atoms with Gasteiger partial charge in [-0.05, 0) is 40.4 Å². The van der Waals surface area contributed by atoms with Crippen molar-refractivity contribution >= 4 is 93.2 Å². The summed E-state index contributed by atoms with van der Waals surface area (Å²) in [5, 5.41) is -0.712. The monoisotopic (exact) mass is 521 g/mol. The number of hydrogen-bond acceptors (Lipinski definition) is 4. The highest BCUT2D eigenvalue weighted by atomic mass is 35.5. The van der Waals surface area contributed by atoms with Crippen LogP contribution in [0.25, 0.3) is 0 Å². The van der Waals surface area contributed by atoms with Crippen LogP contribution in [0.1, 0.15) is 39.9 Å². The SMILES string of the molecule is [B]c1cc(C([B])([B])NC(=O)C(F)(F)c2ccc(Cl)cc2)c([B])c2c1C(=O)N(C1CCC(=O)NC1=O)C2([B])[B]. The third-order valence-electron chi connectivity index (χ3n) is 6.41. The minimum atomic E-state index is -4.09. The minimum absolute atomic E-state index is 0.0826. The Kier molecular flexibility index (Phi) is 6.92. The Morgan fingerprint density at radius 2 is 1.74 bits per heavy atom. The number of nitrogens with zero attached hydrogens (tertiary/aromatic N) is 1. The highest BCUT2D eigenvalue weighted by Crippen LogP contribution is 2.37. The van der Waals surface area contributed by atoms with Crippen LogP contribution in [0.2, 0.25) is 5.02 Å². The van der Waals surface area contributed by atoms with Gasteiger partial charge in [-0.2, -0.15) is 8.78 Å². The van der Waals surface area contributed by atoms with Gasteiger partial charge in [0.05, 0.1) is 31.4 Å². The summed E-state index contributed by atoms with van der Waals surface area (Å²) in [5.41, 5.74) is -2.36. The molecule has 38 heavy (non-hydrogen) atoms. The number of carbonyl (C=O) groups excluding carboxylic acids is 4. The first-order valence-electron chi connectivity index (χ1n) is 11.0. The molecule has 4 amide bonds. The van der Waals surface area contributed by atoms with Gasteiger partial charge in [-0.15, -0.1) is 0 Å². The molecular weight excluding hydrogens is 509 g/mol. The predicted molar refractivity (Wildman–Crippen MR) is 139 cm³/mol. The Morgan fingerprint density at radius 1 is 1.13 bits per heavy atom. The molecule has 1 saturated heterocycles. The van der Waals surface area contributed by atoms with Crippen molar-refractivity contribution in [2.45, 2.75) is 35.5 Å². The number of benzene rings is 2. The van der Waals surface area contributed by atoms with E-state index in [0.717, 1.165) is 23.1 Å². The normalized spacial score (nSPS) is 19.2. The van der Waals surface area contributed by atoms with E-state index >= 15 is 0 Å². The van der Waals surface area contributed by atoms with Gasteiger partial charge in [0, 0.05) is 22.6 Å². The van der Waals surface area contributed by atoms with Crippen LogP contribution in [0, 0.1) is 0 Å². The van der Waals surface area contributed by atoms with Gasteiger partial charge in [-0.3, -0.25) is 24.5 Å². The summed E-state index contributed by atoms with van der Waals surface area (Å²) in [6.45, 7) is 0. The van der Waals surface area contributed by atoms with Crippen molar-refractivity contribution in [3.8, 4) is 0 Å². The smallest absolute Gasteiger partial charge is 0.349 e. The van der Waals surface area contributed by atoms with Gasteiger partial charge in [0.15, 0.2) is 0 Å². The zero-order valence-electron chi connectivity index (χ0n) is 19.6.